The Morgan fingerprint density at radius 3 is 2.76 bits per heavy atom. The summed E-state index contributed by atoms with van der Waals surface area (Å²) in [6.45, 7) is 1.09. The summed E-state index contributed by atoms with van der Waals surface area (Å²) >= 11 is 0. The Hall–Kier alpha value is -3.16. The molecule has 1 aromatic carbocycles. The van der Waals surface area contributed by atoms with Crippen LogP contribution in [0.5, 0.6) is 5.75 Å². The van der Waals surface area contributed by atoms with Crippen molar-refractivity contribution in [3.8, 4) is 17.3 Å². The fraction of sp³-hybridized carbons (Fsp3) is 0.429. The Bertz CT molecular complexity index is 1050. The van der Waals surface area contributed by atoms with Gasteiger partial charge in [-0.05, 0) is 37.0 Å². The van der Waals surface area contributed by atoms with Crippen LogP contribution in [0.15, 0.2) is 28.8 Å². The third kappa shape index (κ3) is 3.39. The van der Waals surface area contributed by atoms with Crippen molar-refractivity contribution >= 4 is 5.91 Å². The van der Waals surface area contributed by atoms with Gasteiger partial charge < -0.3 is 14.2 Å². The molecule has 0 N–H and O–H groups in total. The van der Waals surface area contributed by atoms with E-state index < -0.39 is 0 Å². The van der Waals surface area contributed by atoms with Crippen LogP contribution in [-0.2, 0) is 31.4 Å². The molecule has 1 amide bonds. The number of nitrogens with zero attached hydrogens (tertiary/aromatic N) is 5. The average Bonchev–Trinajstić information content (AvgIpc) is 3.18. The second kappa shape index (κ2) is 7.02. The monoisotopic (exact) mass is 393 g/mol. The van der Waals surface area contributed by atoms with Gasteiger partial charge in [-0.15, -0.1) is 0 Å². The van der Waals surface area contributed by atoms with Crippen LogP contribution in [0.4, 0.5) is 0 Å². The predicted molar refractivity (Wildman–Crippen MR) is 104 cm³/mol. The highest BCUT2D eigenvalue weighted by Gasteiger charge is 2.34. The van der Waals surface area contributed by atoms with Gasteiger partial charge in [0, 0.05) is 24.9 Å². The van der Waals surface area contributed by atoms with Gasteiger partial charge in [-0.2, -0.15) is 10.1 Å². The van der Waals surface area contributed by atoms with E-state index in [9.17, 15) is 4.79 Å². The molecule has 150 valence electrons. The Morgan fingerprint density at radius 2 is 2.03 bits per heavy atom. The SMILES string of the molecule is COc1ccc(CCC(=O)N2Cc3c(-c4nc(C5CC5)no4)nn(C)c3C2)cc1. The van der Waals surface area contributed by atoms with Crippen molar-refractivity contribution in [2.75, 3.05) is 7.11 Å². The minimum Gasteiger partial charge on any atom is -0.497 e. The zero-order chi connectivity index (χ0) is 20.0. The van der Waals surface area contributed by atoms with E-state index in [4.69, 9.17) is 9.26 Å². The lowest BCUT2D eigenvalue weighted by Crippen LogP contribution is -2.26. The lowest BCUT2D eigenvalue weighted by Gasteiger charge is -2.16. The molecule has 5 rings (SSSR count). The molecule has 0 radical (unpaired) electrons. The van der Waals surface area contributed by atoms with E-state index in [1.807, 2.05) is 40.9 Å². The summed E-state index contributed by atoms with van der Waals surface area (Å²) < 4.78 is 12.5. The van der Waals surface area contributed by atoms with E-state index in [1.165, 1.54) is 0 Å². The Labute approximate surface area is 168 Å². The predicted octanol–water partition coefficient (Wildman–Crippen LogP) is 2.83. The number of benzene rings is 1. The second-order valence-electron chi connectivity index (χ2n) is 7.73. The van der Waals surface area contributed by atoms with E-state index in [-0.39, 0.29) is 5.91 Å². The first-order valence-corrected chi connectivity index (χ1v) is 9.92. The minimum atomic E-state index is 0.132. The summed E-state index contributed by atoms with van der Waals surface area (Å²) in [6.07, 6.45) is 3.41. The van der Waals surface area contributed by atoms with E-state index in [0.717, 1.165) is 41.2 Å². The van der Waals surface area contributed by atoms with Crippen LogP contribution < -0.4 is 4.74 Å². The summed E-state index contributed by atoms with van der Waals surface area (Å²) in [6, 6.07) is 7.84. The largest absolute Gasteiger partial charge is 0.497 e. The highest BCUT2D eigenvalue weighted by molar-refractivity contribution is 5.77. The zero-order valence-electron chi connectivity index (χ0n) is 16.6. The number of aryl methyl sites for hydroxylation is 2. The Balaban J connectivity index is 1.27. The van der Waals surface area contributed by atoms with Crippen LogP contribution in [0, 0.1) is 0 Å². The fourth-order valence-corrected chi connectivity index (χ4v) is 3.78. The fourth-order valence-electron chi connectivity index (χ4n) is 3.78. The lowest BCUT2D eigenvalue weighted by atomic mass is 10.1. The third-order valence-electron chi connectivity index (χ3n) is 5.69. The number of aromatic nitrogens is 4. The van der Waals surface area contributed by atoms with E-state index in [1.54, 1.807) is 7.11 Å². The molecule has 8 heteroatoms. The maximum absolute atomic E-state index is 12.8. The summed E-state index contributed by atoms with van der Waals surface area (Å²) in [4.78, 5) is 19.2. The van der Waals surface area contributed by atoms with Crippen molar-refractivity contribution in [1.82, 2.24) is 24.8 Å². The number of ether oxygens (including phenoxy) is 1. The van der Waals surface area contributed by atoms with Gasteiger partial charge in [0.1, 0.15) is 5.75 Å². The van der Waals surface area contributed by atoms with Crippen molar-refractivity contribution in [2.45, 2.75) is 44.7 Å². The van der Waals surface area contributed by atoms with Crippen LogP contribution in [0.1, 0.15) is 47.8 Å². The number of fused-ring (bicyclic) bond motifs is 1. The molecule has 0 atom stereocenters. The average molecular weight is 393 g/mol. The first kappa shape index (κ1) is 17.9. The van der Waals surface area contributed by atoms with Gasteiger partial charge >= 0.3 is 0 Å². The van der Waals surface area contributed by atoms with E-state index in [2.05, 4.69) is 15.2 Å². The molecule has 1 aliphatic heterocycles. The summed E-state index contributed by atoms with van der Waals surface area (Å²) in [5, 5.41) is 8.66. The molecule has 1 aliphatic carbocycles. The van der Waals surface area contributed by atoms with Gasteiger partial charge in [0.05, 0.1) is 25.9 Å². The van der Waals surface area contributed by atoms with Gasteiger partial charge in [-0.25, -0.2) is 0 Å². The number of carbonyl (C=O) groups is 1. The van der Waals surface area contributed by atoms with Crippen LogP contribution in [0.3, 0.4) is 0 Å². The molecule has 0 spiro atoms. The third-order valence-corrected chi connectivity index (χ3v) is 5.69. The first-order chi connectivity index (χ1) is 14.1. The highest BCUT2D eigenvalue weighted by atomic mass is 16.5. The summed E-state index contributed by atoms with van der Waals surface area (Å²) in [5.74, 6) is 2.61. The van der Waals surface area contributed by atoms with Crippen molar-refractivity contribution in [3.05, 3.63) is 46.9 Å². The Kier molecular flexibility index (Phi) is 4.34. The number of rotatable bonds is 6. The van der Waals surface area contributed by atoms with Crippen LogP contribution in [0.25, 0.3) is 11.6 Å². The molecule has 2 aromatic heterocycles. The zero-order valence-corrected chi connectivity index (χ0v) is 16.6. The molecule has 0 saturated heterocycles. The molecule has 1 saturated carbocycles. The quantitative estimate of drug-likeness (QED) is 0.640. The highest BCUT2D eigenvalue weighted by Crippen LogP contribution is 2.39. The van der Waals surface area contributed by atoms with Crippen molar-refractivity contribution in [1.29, 1.82) is 0 Å². The van der Waals surface area contributed by atoms with Crippen molar-refractivity contribution in [2.24, 2.45) is 7.05 Å². The van der Waals surface area contributed by atoms with Crippen molar-refractivity contribution in [3.63, 3.8) is 0 Å². The molecule has 3 heterocycles. The van der Waals surface area contributed by atoms with Crippen LogP contribution in [0.2, 0.25) is 0 Å². The maximum atomic E-state index is 12.8. The smallest absolute Gasteiger partial charge is 0.278 e. The molecule has 0 bridgehead atoms. The van der Waals surface area contributed by atoms with Crippen LogP contribution in [-0.4, -0.2) is 37.8 Å². The Morgan fingerprint density at radius 1 is 1.24 bits per heavy atom. The summed E-state index contributed by atoms with van der Waals surface area (Å²) in [7, 11) is 3.54. The van der Waals surface area contributed by atoms with Crippen molar-refractivity contribution < 1.29 is 14.1 Å². The molecular weight excluding hydrogens is 370 g/mol. The van der Waals surface area contributed by atoms with E-state index in [0.29, 0.717) is 43.4 Å². The molecular formula is C21H23N5O3. The normalized spacial score (nSPS) is 15.6. The number of carbonyl (C=O) groups excluding carboxylic acids is 1. The topological polar surface area (TPSA) is 86.3 Å². The number of amides is 1. The molecule has 0 unspecified atom stereocenters. The summed E-state index contributed by atoms with van der Waals surface area (Å²) in [5.41, 5.74) is 3.87. The van der Waals surface area contributed by atoms with Gasteiger partial charge in [-0.3, -0.25) is 9.48 Å². The van der Waals surface area contributed by atoms with Gasteiger partial charge in [0.15, 0.2) is 11.5 Å². The maximum Gasteiger partial charge on any atom is 0.278 e. The lowest BCUT2D eigenvalue weighted by molar-refractivity contribution is -0.131. The van der Waals surface area contributed by atoms with Crippen LogP contribution >= 0.6 is 0 Å². The number of hydrogen-bond acceptors (Lipinski definition) is 6. The molecule has 2 aliphatic rings. The molecule has 29 heavy (non-hydrogen) atoms. The van der Waals surface area contributed by atoms with Gasteiger partial charge in [0.2, 0.25) is 5.91 Å². The molecule has 8 nitrogen and oxygen atoms in total. The standard InChI is InChI=1S/C21H23N5O3/c1-25-17-12-26(18(27)10-5-13-3-8-15(28-2)9-4-13)11-16(17)19(23-25)21-22-20(24-29-21)14-6-7-14/h3-4,8-9,14H,5-7,10-12H2,1-2H3. The second-order valence-corrected chi connectivity index (χ2v) is 7.73. The number of hydrogen-bond donors (Lipinski definition) is 0. The van der Waals surface area contributed by atoms with Gasteiger partial charge in [0.25, 0.3) is 5.89 Å². The molecule has 1 fully saturated rings. The van der Waals surface area contributed by atoms with E-state index >= 15 is 0 Å². The first-order valence-electron chi connectivity index (χ1n) is 9.92. The number of methoxy groups -OCH3 is 1. The minimum absolute atomic E-state index is 0.132. The van der Waals surface area contributed by atoms with Gasteiger partial charge in [-0.1, -0.05) is 17.3 Å². The molecule has 3 aromatic rings.